The summed E-state index contributed by atoms with van der Waals surface area (Å²) in [7, 11) is 5.03. The molecule has 0 unspecified atom stereocenters. The summed E-state index contributed by atoms with van der Waals surface area (Å²) in [5.74, 6) is -0.292. The first-order valence-corrected chi connectivity index (χ1v) is 18.8. The Morgan fingerprint density at radius 1 is 0.941 bits per heavy atom. The van der Waals surface area contributed by atoms with Gasteiger partial charge in [-0.3, -0.25) is 14.5 Å². The Bertz CT molecular complexity index is 1540. The molecule has 3 aliphatic heterocycles. The van der Waals surface area contributed by atoms with Crippen LogP contribution in [0.1, 0.15) is 87.3 Å². The molecule has 2 aromatic carbocycles. The van der Waals surface area contributed by atoms with E-state index in [0.29, 0.717) is 62.8 Å². The van der Waals surface area contributed by atoms with Gasteiger partial charge in [-0.1, -0.05) is 38.5 Å². The zero-order valence-corrected chi connectivity index (χ0v) is 30.7. The van der Waals surface area contributed by atoms with E-state index in [0.717, 1.165) is 42.9 Å². The molecule has 4 aliphatic rings. The highest BCUT2D eigenvalue weighted by atomic mass is 19.4. The minimum atomic E-state index is -4.52. The molecule has 6 rings (SSSR count). The predicted octanol–water partition coefficient (Wildman–Crippen LogP) is 7.36. The Morgan fingerprint density at radius 3 is 2.20 bits per heavy atom. The maximum Gasteiger partial charge on any atom is 0.416 e. The van der Waals surface area contributed by atoms with Gasteiger partial charge in [-0.05, 0) is 85.8 Å². The predicted molar refractivity (Wildman–Crippen MR) is 191 cm³/mol. The summed E-state index contributed by atoms with van der Waals surface area (Å²) in [6.07, 6.45) is 1.43. The number of ether oxygens (including phenoxy) is 1. The first kappa shape index (κ1) is 37.4. The van der Waals surface area contributed by atoms with Crippen LogP contribution in [0.15, 0.2) is 42.5 Å². The van der Waals surface area contributed by atoms with Crippen LogP contribution in [0.25, 0.3) is 0 Å². The third-order valence-corrected chi connectivity index (χ3v) is 12.4. The van der Waals surface area contributed by atoms with Gasteiger partial charge in [0.15, 0.2) is 0 Å². The van der Waals surface area contributed by atoms with Gasteiger partial charge in [-0.25, -0.2) is 4.39 Å². The normalized spacial score (nSPS) is 29.4. The number of methoxy groups -OCH3 is 1. The van der Waals surface area contributed by atoms with Gasteiger partial charge in [-0.2, -0.15) is 13.2 Å². The number of carbonyl (C=O) groups is 2. The lowest BCUT2D eigenvalue weighted by Crippen LogP contribution is -2.50. The molecule has 0 bridgehead atoms. The van der Waals surface area contributed by atoms with Crippen LogP contribution in [0.3, 0.4) is 0 Å². The monoisotopic (exact) mass is 714 g/mol. The lowest BCUT2D eigenvalue weighted by molar-refractivity contribution is -0.143. The molecule has 2 aromatic rings. The largest absolute Gasteiger partial charge is 0.497 e. The number of carbonyl (C=O) groups excluding carboxylic acids is 2. The lowest BCUT2D eigenvalue weighted by Gasteiger charge is -2.36. The quantitative estimate of drug-likeness (QED) is 0.268. The van der Waals surface area contributed by atoms with Gasteiger partial charge >= 0.3 is 6.18 Å². The van der Waals surface area contributed by atoms with Gasteiger partial charge in [0, 0.05) is 82.8 Å². The summed E-state index contributed by atoms with van der Waals surface area (Å²) in [6.45, 7) is 6.28. The molecule has 0 aromatic heterocycles. The molecule has 280 valence electrons. The van der Waals surface area contributed by atoms with Gasteiger partial charge in [0.05, 0.1) is 12.7 Å². The van der Waals surface area contributed by atoms with Crippen molar-refractivity contribution in [3.05, 3.63) is 59.2 Å². The summed E-state index contributed by atoms with van der Waals surface area (Å²) >= 11 is 0. The Hall–Kier alpha value is -3.34. The number of hydrogen-bond donors (Lipinski definition) is 0. The number of rotatable bonds is 8. The van der Waals surface area contributed by atoms with E-state index in [1.54, 1.807) is 37.1 Å². The molecule has 1 aliphatic carbocycles. The number of alkyl halides is 4. The second-order valence-corrected chi connectivity index (χ2v) is 15.8. The topological polar surface area (TPSA) is 56.3 Å². The molecule has 3 heterocycles. The van der Waals surface area contributed by atoms with E-state index < -0.39 is 29.2 Å². The number of nitrogens with zero attached hydrogens (tertiary/aromatic N) is 4. The molecule has 4 atom stereocenters. The number of likely N-dealkylation sites (tertiary alicyclic amines) is 2. The fourth-order valence-electron chi connectivity index (χ4n) is 9.26. The summed E-state index contributed by atoms with van der Waals surface area (Å²) in [5, 5.41) is 0. The molecule has 4 fully saturated rings. The smallest absolute Gasteiger partial charge is 0.416 e. The molecule has 51 heavy (non-hydrogen) atoms. The standard InChI is InChI=1S/C40H54F4N4O3/c1-6-27-22-47(23-34(27)33-16-11-30(40(42,43)44)21-36(33)46-19-17-29(18-20-46)37(49)45(3)4)38(50)39(41)25-48(31-12-7-26(2)8-13-31)24-35(39)28-9-14-32(51-5)15-10-28/h9-11,14-16,21,26-27,29,31,34-35H,6-8,12-13,17-20,22-25H2,1-5H3/t26?,27-,31?,34-,35-,39-/m0/s1. The first-order valence-electron chi connectivity index (χ1n) is 18.8. The van der Waals surface area contributed by atoms with Crippen molar-refractivity contribution in [1.82, 2.24) is 14.7 Å². The zero-order chi connectivity index (χ0) is 36.7. The number of halogens is 4. The lowest BCUT2D eigenvalue weighted by atomic mass is 9.84. The van der Waals surface area contributed by atoms with E-state index >= 15 is 4.39 Å². The summed E-state index contributed by atoms with van der Waals surface area (Å²) in [4.78, 5) is 34.7. The maximum absolute atomic E-state index is 17.8. The van der Waals surface area contributed by atoms with Crippen LogP contribution in [0.5, 0.6) is 5.75 Å². The van der Waals surface area contributed by atoms with Crippen LogP contribution >= 0.6 is 0 Å². The summed E-state index contributed by atoms with van der Waals surface area (Å²) in [5.41, 5.74) is -0.842. The SMILES string of the molecule is CC[C@H]1CN(C(=O)[C@]2(F)CN(C3CCC(C)CC3)C[C@H]2c2ccc(OC)cc2)C[C@@H]1c1ccc(C(F)(F)F)cc1N1CCC(C(=O)N(C)C)CC1. The molecule has 0 spiro atoms. The second-order valence-electron chi connectivity index (χ2n) is 15.8. The second kappa shape index (κ2) is 15.0. The van der Waals surface area contributed by atoms with Gasteiger partial charge in [-0.15, -0.1) is 0 Å². The Kier molecular flexibility index (Phi) is 11.0. The highest BCUT2D eigenvalue weighted by Crippen LogP contribution is 2.47. The van der Waals surface area contributed by atoms with Crippen LogP contribution < -0.4 is 9.64 Å². The number of piperidine rings is 1. The molecular weight excluding hydrogens is 660 g/mol. The van der Waals surface area contributed by atoms with E-state index in [2.05, 4.69) is 11.8 Å². The van der Waals surface area contributed by atoms with Crippen molar-refractivity contribution in [1.29, 1.82) is 0 Å². The van der Waals surface area contributed by atoms with E-state index in [1.165, 1.54) is 6.07 Å². The fourth-order valence-corrected chi connectivity index (χ4v) is 9.26. The van der Waals surface area contributed by atoms with Gasteiger partial charge in [0.2, 0.25) is 11.6 Å². The van der Waals surface area contributed by atoms with Crippen molar-refractivity contribution in [3.63, 3.8) is 0 Å². The minimum Gasteiger partial charge on any atom is -0.497 e. The molecule has 0 N–H and O–H groups in total. The van der Waals surface area contributed by atoms with Crippen LogP contribution in [0.2, 0.25) is 0 Å². The van der Waals surface area contributed by atoms with Crippen molar-refractivity contribution in [2.75, 3.05) is 65.4 Å². The third-order valence-electron chi connectivity index (χ3n) is 12.4. The van der Waals surface area contributed by atoms with Crippen LogP contribution in [0, 0.1) is 17.8 Å². The molecule has 1 saturated carbocycles. The van der Waals surface area contributed by atoms with Gasteiger partial charge in [0.1, 0.15) is 5.75 Å². The molecule has 7 nitrogen and oxygen atoms in total. The third kappa shape index (κ3) is 7.60. The van der Waals surface area contributed by atoms with Crippen LogP contribution in [-0.4, -0.2) is 98.7 Å². The number of anilines is 1. The highest BCUT2D eigenvalue weighted by Gasteiger charge is 2.57. The summed E-state index contributed by atoms with van der Waals surface area (Å²) < 4.78 is 65.3. The van der Waals surface area contributed by atoms with Gasteiger partial charge < -0.3 is 19.4 Å². The van der Waals surface area contributed by atoms with Crippen molar-refractivity contribution < 1.29 is 31.9 Å². The number of amides is 2. The van der Waals surface area contributed by atoms with Crippen molar-refractivity contribution >= 4 is 17.5 Å². The van der Waals surface area contributed by atoms with E-state index in [1.807, 2.05) is 36.1 Å². The van der Waals surface area contributed by atoms with E-state index in [4.69, 9.17) is 4.74 Å². The molecular formula is C40H54F4N4O3. The Labute approximate surface area is 300 Å². The number of benzene rings is 2. The molecule has 11 heteroatoms. The number of hydrogen-bond acceptors (Lipinski definition) is 5. The van der Waals surface area contributed by atoms with Crippen molar-refractivity contribution in [3.8, 4) is 5.75 Å². The van der Waals surface area contributed by atoms with Crippen LogP contribution in [-0.2, 0) is 15.8 Å². The molecule has 3 saturated heterocycles. The van der Waals surface area contributed by atoms with Crippen LogP contribution in [0.4, 0.5) is 23.2 Å². The average Bonchev–Trinajstić information content (AvgIpc) is 3.72. The zero-order valence-electron chi connectivity index (χ0n) is 30.7. The molecule has 0 radical (unpaired) electrons. The summed E-state index contributed by atoms with van der Waals surface area (Å²) in [6, 6.07) is 11.5. The van der Waals surface area contributed by atoms with E-state index in [-0.39, 0.29) is 42.8 Å². The van der Waals surface area contributed by atoms with Crippen molar-refractivity contribution in [2.45, 2.75) is 88.5 Å². The molecule has 2 amide bonds. The fraction of sp³-hybridized carbons (Fsp3) is 0.650. The Morgan fingerprint density at radius 2 is 1.61 bits per heavy atom. The minimum absolute atomic E-state index is 0.0334. The maximum atomic E-state index is 17.8. The average molecular weight is 715 g/mol. The first-order chi connectivity index (χ1) is 24.2. The Balaban J connectivity index is 1.28. The highest BCUT2D eigenvalue weighted by molar-refractivity contribution is 5.88. The van der Waals surface area contributed by atoms with Crippen molar-refractivity contribution in [2.24, 2.45) is 17.8 Å². The van der Waals surface area contributed by atoms with Gasteiger partial charge in [0.25, 0.3) is 5.91 Å². The van der Waals surface area contributed by atoms with E-state index in [9.17, 15) is 22.8 Å².